The number of rotatable bonds is 8. The van der Waals surface area contributed by atoms with Crippen LogP contribution in [0.1, 0.15) is 30.1 Å². The number of methoxy groups -OCH3 is 1. The SMILES string of the molecule is CCCCOc1c(OC)cc(C=O)cc1Oc1ccccc1. The highest BCUT2D eigenvalue weighted by Crippen LogP contribution is 2.40. The average Bonchev–Trinajstić information content (AvgIpc) is 2.56. The van der Waals surface area contributed by atoms with Gasteiger partial charge in [0.05, 0.1) is 13.7 Å². The monoisotopic (exact) mass is 300 g/mol. The molecule has 2 aromatic rings. The van der Waals surface area contributed by atoms with Crippen LogP contribution in [0.5, 0.6) is 23.0 Å². The lowest BCUT2D eigenvalue weighted by Gasteiger charge is -2.16. The van der Waals surface area contributed by atoms with E-state index in [1.807, 2.05) is 30.3 Å². The summed E-state index contributed by atoms with van der Waals surface area (Å²) in [5, 5.41) is 0. The first-order valence-corrected chi connectivity index (χ1v) is 7.31. The van der Waals surface area contributed by atoms with Gasteiger partial charge in [-0.15, -0.1) is 0 Å². The number of ether oxygens (including phenoxy) is 3. The van der Waals surface area contributed by atoms with E-state index in [1.165, 1.54) is 0 Å². The van der Waals surface area contributed by atoms with Gasteiger partial charge < -0.3 is 14.2 Å². The van der Waals surface area contributed by atoms with Gasteiger partial charge in [-0.1, -0.05) is 31.5 Å². The lowest BCUT2D eigenvalue weighted by molar-refractivity contribution is 0.112. The summed E-state index contributed by atoms with van der Waals surface area (Å²) in [4.78, 5) is 11.1. The largest absolute Gasteiger partial charge is 0.493 e. The summed E-state index contributed by atoms with van der Waals surface area (Å²) in [6, 6.07) is 12.7. The summed E-state index contributed by atoms with van der Waals surface area (Å²) >= 11 is 0. The van der Waals surface area contributed by atoms with Crippen molar-refractivity contribution < 1.29 is 19.0 Å². The van der Waals surface area contributed by atoms with E-state index in [-0.39, 0.29) is 0 Å². The van der Waals surface area contributed by atoms with Crippen LogP contribution in [-0.2, 0) is 0 Å². The molecule has 0 atom stereocenters. The van der Waals surface area contributed by atoms with Crippen LogP contribution in [0.2, 0.25) is 0 Å². The molecular weight excluding hydrogens is 280 g/mol. The summed E-state index contributed by atoms with van der Waals surface area (Å²) in [5.74, 6) is 2.16. The number of hydrogen-bond donors (Lipinski definition) is 0. The van der Waals surface area contributed by atoms with E-state index < -0.39 is 0 Å². The lowest BCUT2D eigenvalue weighted by Crippen LogP contribution is -2.02. The average molecular weight is 300 g/mol. The third-order valence-corrected chi connectivity index (χ3v) is 3.11. The zero-order valence-corrected chi connectivity index (χ0v) is 12.9. The molecule has 0 N–H and O–H groups in total. The van der Waals surface area contributed by atoms with Crippen molar-refractivity contribution in [3.63, 3.8) is 0 Å². The van der Waals surface area contributed by atoms with E-state index in [0.717, 1.165) is 19.1 Å². The lowest BCUT2D eigenvalue weighted by atomic mass is 10.2. The molecule has 0 aliphatic carbocycles. The third-order valence-electron chi connectivity index (χ3n) is 3.11. The molecule has 4 heteroatoms. The van der Waals surface area contributed by atoms with Crippen molar-refractivity contribution in [2.75, 3.05) is 13.7 Å². The number of carbonyl (C=O) groups is 1. The van der Waals surface area contributed by atoms with E-state index >= 15 is 0 Å². The Morgan fingerprint density at radius 1 is 1.09 bits per heavy atom. The Morgan fingerprint density at radius 2 is 1.82 bits per heavy atom. The Hall–Kier alpha value is -2.49. The Bertz CT molecular complexity index is 608. The molecule has 116 valence electrons. The minimum Gasteiger partial charge on any atom is -0.493 e. The van der Waals surface area contributed by atoms with Crippen LogP contribution in [0.15, 0.2) is 42.5 Å². The smallest absolute Gasteiger partial charge is 0.204 e. The molecule has 0 fully saturated rings. The minimum atomic E-state index is 0.476. The summed E-state index contributed by atoms with van der Waals surface area (Å²) in [6.07, 6.45) is 2.73. The number of para-hydroxylation sites is 1. The molecule has 0 unspecified atom stereocenters. The van der Waals surface area contributed by atoms with Crippen molar-refractivity contribution in [3.05, 3.63) is 48.0 Å². The second-order valence-electron chi connectivity index (χ2n) is 4.79. The van der Waals surface area contributed by atoms with E-state index in [0.29, 0.717) is 35.2 Å². The van der Waals surface area contributed by atoms with Gasteiger partial charge in [-0.05, 0) is 30.7 Å². The molecule has 0 bridgehead atoms. The molecule has 4 nitrogen and oxygen atoms in total. The van der Waals surface area contributed by atoms with E-state index in [4.69, 9.17) is 14.2 Å². The van der Waals surface area contributed by atoms with Crippen LogP contribution in [-0.4, -0.2) is 20.0 Å². The number of hydrogen-bond acceptors (Lipinski definition) is 4. The van der Waals surface area contributed by atoms with Crippen molar-refractivity contribution in [2.45, 2.75) is 19.8 Å². The molecule has 0 heterocycles. The van der Waals surface area contributed by atoms with Crippen LogP contribution >= 0.6 is 0 Å². The number of carbonyl (C=O) groups excluding carboxylic acids is 1. The summed E-state index contributed by atoms with van der Waals surface area (Å²) < 4.78 is 17.0. The van der Waals surface area contributed by atoms with Crippen molar-refractivity contribution in [2.24, 2.45) is 0 Å². The fourth-order valence-corrected chi connectivity index (χ4v) is 1.97. The molecule has 0 aliphatic rings. The highest BCUT2D eigenvalue weighted by atomic mass is 16.5. The molecule has 22 heavy (non-hydrogen) atoms. The summed E-state index contributed by atoms with van der Waals surface area (Å²) in [7, 11) is 1.54. The first-order valence-electron chi connectivity index (χ1n) is 7.31. The number of aldehydes is 1. The first kappa shape index (κ1) is 15.9. The second kappa shape index (κ2) is 8.08. The maximum Gasteiger partial charge on any atom is 0.204 e. The zero-order chi connectivity index (χ0) is 15.8. The minimum absolute atomic E-state index is 0.476. The summed E-state index contributed by atoms with van der Waals surface area (Å²) in [5.41, 5.74) is 0.477. The van der Waals surface area contributed by atoms with Crippen molar-refractivity contribution in [1.82, 2.24) is 0 Å². The van der Waals surface area contributed by atoms with Crippen molar-refractivity contribution in [3.8, 4) is 23.0 Å². The van der Waals surface area contributed by atoms with E-state index in [1.54, 1.807) is 19.2 Å². The predicted octanol–water partition coefficient (Wildman–Crippen LogP) is 4.48. The zero-order valence-electron chi connectivity index (χ0n) is 12.9. The van der Waals surface area contributed by atoms with Crippen molar-refractivity contribution in [1.29, 1.82) is 0 Å². The second-order valence-corrected chi connectivity index (χ2v) is 4.79. The van der Waals surface area contributed by atoms with Gasteiger partial charge in [-0.2, -0.15) is 0 Å². The normalized spacial score (nSPS) is 10.1. The number of benzene rings is 2. The molecule has 0 aliphatic heterocycles. The van der Waals surface area contributed by atoms with Gasteiger partial charge in [-0.3, -0.25) is 4.79 Å². The standard InChI is InChI=1S/C18H20O4/c1-3-4-10-21-18-16(20-2)11-14(13-19)12-17(18)22-15-8-6-5-7-9-15/h5-9,11-13H,3-4,10H2,1-2H3. The van der Waals surface area contributed by atoms with Gasteiger partial charge in [0.1, 0.15) is 12.0 Å². The Labute approximate surface area is 130 Å². The highest BCUT2D eigenvalue weighted by molar-refractivity contribution is 5.78. The highest BCUT2D eigenvalue weighted by Gasteiger charge is 2.15. The fraction of sp³-hybridized carbons (Fsp3) is 0.278. The van der Waals surface area contributed by atoms with E-state index in [2.05, 4.69) is 6.92 Å². The van der Waals surface area contributed by atoms with Crippen LogP contribution in [0.4, 0.5) is 0 Å². The first-order chi connectivity index (χ1) is 10.8. The molecule has 0 spiro atoms. The topological polar surface area (TPSA) is 44.8 Å². The maximum absolute atomic E-state index is 11.1. The molecule has 0 amide bonds. The molecule has 0 aromatic heterocycles. The van der Waals surface area contributed by atoms with Crippen LogP contribution < -0.4 is 14.2 Å². The summed E-state index contributed by atoms with van der Waals surface area (Å²) in [6.45, 7) is 2.66. The van der Waals surface area contributed by atoms with Gasteiger partial charge in [-0.25, -0.2) is 0 Å². The van der Waals surface area contributed by atoms with Gasteiger partial charge >= 0.3 is 0 Å². The Morgan fingerprint density at radius 3 is 2.45 bits per heavy atom. The Balaban J connectivity index is 2.36. The van der Waals surface area contributed by atoms with Crippen LogP contribution in [0.25, 0.3) is 0 Å². The van der Waals surface area contributed by atoms with Crippen LogP contribution in [0.3, 0.4) is 0 Å². The maximum atomic E-state index is 11.1. The van der Waals surface area contributed by atoms with Crippen LogP contribution in [0, 0.1) is 0 Å². The third kappa shape index (κ3) is 4.01. The van der Waals surface area contributed by atoms with Gasteiger partial charge in [0.2, 0.25) is 5.75 Å². The molecule has 0 saturated heterocycles. The molecule has 0 radical (unpaired) electrons. The number of unbranched alkanes of at least 4 members (excludes halogenated alkanes) is 1. The van der Waals surface area contributed by atoms with E-state index in [9.17, 15) is 4.79 Å². The van der Waals surface area contributed by atoms with Gasteiger partial charge in [0, 0.05) is 5.56 Å². The van der Waals surface area contributed by atoms with Crippen molar-refractivity contribution >= 4 is 6.29 Å². The fourth-order valence-electron chi connectivity index (χ4n) is 1.97. The molecule has 0 saturated carbocycles. The molecule has 2 rings (SSSR count). The predicted molar refractivity (Wildman–Crippen MR) is 85.3 cm³/mol. The van der Waals surface area contributed by atoms with Gasteiger partial charge in [0.15, 0.2) is 11.5 Å². The molecular formula is C18H20O4. The Kier molecular flexibility index (Phi) is 5.83. The quantitative estimate of drug-likeness (QED) is 0.532. The molecule has 2 aromatic carbocycles. The van der Waals surface area contributed by atoms with Gasteiger partial charge in [0.25, 0.3) is 0 Å².